The Morgan fingerprint density at radius 2 is 2.03 bits per heavy atom. The molecule has 0 bridgehead atoms. The van der Waals surface area contributed by atoms with Crippen LogP contribution in [0, 0.1) is 5.92 Å². The molecule has 8 nitrogen and oxygen atoms in total. The number of anilines is 1. The fraction of sp³-hybridized carbons (Fsp3) is 0.440. The Hall–Kier alpha value is -3.26. The van der Waals surface area contributed by atoms with Crippen molar-refractivity contribution in [1.29, 1.82) is 0 Å². The van der Waals surface area contributed by atoms with E-state index in [1.807, 2.05) is 32.3 Å². The van der Waals surface area contributed by atoms with Crippen molar-refractivity contribution in [2.75, 3.05) is 39.1 Å². The van der Waals surface area contributed by atoms with Gasteiger partial charge in [0.1, 0.15) is 11.5 Å². The zero-order chi connectivity index (χ0) is 23.5. The summed E-state index contributed by atoms with van der Waals surface area (Å²) in [6.07, 6.45) is 0.957. The van der Waals surface area contributed by atoms with Crippen LogP contribution < -0.4 is 10.1 Å². The van der Waals surface area contributed by atoms with Crippen LogP contribution in [0.25, 0.3) is 10.9 Å². The lowest BCUT2D eigenvalue weighted by molar-refractivity contribution is 0.0748. The van der Waals surface area contributed by atoms with Crippen molar-refractivity contribution in [3.8, 4) is 11.5 Å². The smallest absolute Gasteiger partial charge is 0.258 e. The Morgan fingerprint density at radius 1 is 1.24 bits per heavy atom. The quantitative estimate of drug-likeness (QED) is 0.428. The van der Waals surface area contributed by atoms with Gasteiger partial charge in [-0.2, -0.15) is 5.10 Å². The Bertz CT molecular complexity index is 1140. The first-order chi connectivity index (χ1) is 15.8. The Morgan fingerprint density at radius 3 is 2.79 bits per heavy atom. The monoisotopic (exact) mass is 451 g/mol. The number of phenolic OH excluding ortho intramolecular Hbond substituents is 1. The van der Waals surface area contributed by atoms with Crippen LogP contribution in [0.15, 0.2) is 30.3 Å². The second-order valence-electron chi connectivity index (χ2n) is 9.36. The summed E-state index contributed by atoms with van der Waals surface area (Å²) in [5.74, 6) is 1.72. The lowest BCUT2D eigenvalue weighted by Crippen LogP contribution is -2.25. The van der Waals surface area contributed by atoms with E-state index < -0.39 is 0 Å². The minimum absolute atomic E-state index is 0.0487. The van der Waals surface area contributed by atoms with Gasteiger partial charge in [0.15, 0.2) is 5.82 Å². The number of aromatic hydroxyl groups is 1. The molecule has 1 aromatic heterocycles. The van der Waals surface area contributed by atoms with Gasteiger partial charge in [0, 0.05) is 37.6 Å². The van der Waals surface area contributed by atoms with Gasteiger partial charge in [-0.05, 0) is 55.8 Å². The number of carbonyl (C=O) groups excluding carboxylic acids is 1. The molecule has 2 aromatic carbocycles. The number of amides is 1. The second kappa shape index (κ2) is 9.70. The molecule has 3 N–H and O–H groups in total. The van der Waals surface area contributed by atoms with Crippen LogP contribution in [-0.4, -0.2) is 64.8 Å². The van der Waals surface area contributed by atoms with E-state index in [-0.39, 0.29) is 17.2 Å². The van der Waals surface area contributed by atoms with Crippen LogP contribution >= 0.6 is 0 Å². The summed E-state index contributed by atoms with van der Waals surface area (Å²) in [6.45, 7) is 7.64. The number of fused-ring (bicyclic) bond motifs is 2. The number of hydrogen-bond donors (Lipinski definition) is 3. The number of H-pyrrole nitrogens is 1. The summed E-state index contributed by atoms with van der Waals surface area (Å²) in [4.78, 5) is 17.2. The summed E-state index contributed by atoms with van der Waals surface area (Å²) in [5.41, 5.74) is 3.16. The summed E-state index contributed by atoms with van der Waals surface area (Å²) < 4.78 is 5.89. The highest BCUT2D eigenvalue weighted by molar-refractivity contribution is 6.03. The third kappa shape index (κ3) is 5.22. The molecule has 0 saturated heterocycles. The maximum Gasteiger partial charge on any atom is 0.258 e. The number of aromatic amines is 1. The van der Waals surface area contributed by atoms with E-state index >= 15 is 0 Å². The molecule has 0 saturated carbocycles. The third-order valence-corrected chi connectivity index (χ3v) is 5.79. The molecule has 1 amide bonds. The largest absolute Gasteiger partial charge is 0.507 e. The molecule has 0 unspecified atom stereocenters. The van der Waals surface area contributed by atoms with Crippen molar-refractivity contribution in [1.82, 2.24) is 20.0 Å². The summed E-state index contributed by atoms with van der Waals surface area (Å²) in [6, 6.07) is 9.30. The highest BCUT2D eigenvalue weighted by Crippen LogP contribution is 2.32. The van der Waals surface area contributed by atoms with E-state index in [2.05, 4.69) is 34.3 Å². The fourth-order valence-corrected chi connectivity index (χ4v) is 4.01. The van der Waals surface area contributed by atoms with Crippen LogP contribution in [0.1, 0.15) is 41.8 Å². The first-order valence-electron chi connectivity index (χ1n) is 11.5. The minimum atomic E-state index is -0.199. The third-order valence-electron chi connectivity index (χ3n) is 5.79. The lowest BCUT2D eigenvalue weighted by Gasteiger charge is -2.16. The molecule has 0 aliphatic carbocycles. The van der Waals surface area contributed by atoms with Crippen LogP contribution in [0.3, 0.4) is 0 Å². The van der Waals surface area contributed by atoms with Gasteiger partial charge in [0.05, 0.1) is 17.7 Å². The van der Waals surface area contributed by atoms with Crippen LogP contribution in [0.5, 0.6) is 11.5 Å². The molecule has 0 radical (unpaired) electrons. The molecule has 4 rings (SSSR count). The van der Waals surface area contributed by atoms with E-state index in [1.54, 1.807) is 17.0 Å². The number of ether oxygens (including phenoxy) is 1. The fourth-order valence-electron chi connectivity index (χ4n) is 4.01. The maximum atomic E-state index is 13.3. The first kappa shape index (κ1) is 22.9. The first-order valence-corrected chi connectivity index (χ1v) is 11.5. The summed E-state index contributed by atoms with van der Waals surface area (Å²) in [7, 11) is 4.10. The molecule has 1 aliphatic rings. The Kier molecular flexibility index (Phi) is 6.74. The van der Waals surface area contributed by atoms with Crippen molar-refractivity contribution < 1.29 is 14.6 Å². The van der Waals surface area contributed by atoms with Gasteiger partial charge < -0.3 is 25.0 Å². The minimum Gasteiger partial charge on any atom is -0.507 e. The molecule has 1 aliphatic heterocycles. The summed E-state index contributed by atoms with van der Waals surface area (Å²) in [5, 5.41) is 21.9. The normalized spacial score (nSPS) is 13.2. The summed E-state index contributed by atoms with van der Waals surface area (Å²) >= 11 is 0. The van der Waals surface area contributed by atoms with Gasteiger partial charge in [-0.3, -0.25) is 9.89 Å². The zero-order valence-corrected chi connectivity index (χ0v) is 19.8. The van der Waals surface area contributed by atoms with E-state index in [0.717, 1.165) is 41.8 Å². The number of hydrogen-bond acceptors (Lipinski definition) is 6. The maximum absolute atomic E-state index is 13.3. The van der Waals surface area contributed by atoms with Crippen LogP contribution in [0.4, 0.5) is 5.82 Å². The van der Waals surface area contributed by atoms with Crippen LogP contribution in [-0.2, 0) is 13.1 Å². The number of nitrogens with zero attached hydrogens (tertiary/aromatic N) is 3. The predicted octanol–water partition coefficient (Wildman–Crippen LogP) is 3.82. The lowest BCUT2D eigenvalue weighted by atomic mass is 10.1. The molecule has 33 heavy (non-hydrogen) atoms. The molecule has 3 aromatic rings. The van der Waals surface area contributed by atoms with Gasteiger partial charge in [-0.25, -0.2) is 0 Å². The van der Waals surface area contributed by atoms with Crippen molar-refractivity contribution in [3.63, 3.8) is 0 Å². The van der Waals surface area contributed by atoms with Gasteiger partial charge in [-0.1, -0.05) is 19.9 Å². The van der Waals surface area contributed by atoms with Crippen molar-refractivity contribution in [2.45, 2.75) is 33.4 Å². The highest BCUT2D eigenvalue weighted by Gasteiger charge is 2.27. The zero-order valence-electron chi connectivity index (χ0n) is 19.8. The van der Waals surface area contributed by atoms with Gasteiger partial charge in [0.25, 0.3) is 5.91 Å². The average molecular weight is 452 g/mol. The van der Waals surface area contributed by atoms with Crippen molar-refractivity contribution >= 4 is 22.6 Å². The van der Waals surface area contributed by atoms with E-state index in [9.17, 15) is 9.90 Å². The average Bonchev–Trinajstić information content (AvgIpc) is 3.37. The molecule has 0 spiro atoms. The molecular formula is C25H33N5O3. The molecule has 0 fully saturated rings. The SMILES string of the molecule is CC(C)CNc1n[nH]c2cc(O)c(C(=O)N3Cc4ccc(OCCCN(C)C)cc4C3)cc12. The van der Waals surface area contributed by atoms with E-state index in [4.69, 9.17) is 4.74 Å². The molecular weight excluding hydrogens is 418 g/mol. The second-order valence-corrected chi connectivity index (χ2v) is 9.36. The van der Waals surface area contributed by atoms with E-state index in [0.29, 0.717) is 36.9 Å². The number of nitrogens with one attached hydrogen (secondary N) is 2. The molecule has 8 heteroatoms. The number of carbonyl (C=O) groups is 1. The number of phenols is 1. The highest BCUT2D eigenvalue weighted by atomic mass is 16.5. The standard InChI is InChI=1S/C25H33N5O3/c1-16(2)13-26-24-20-11-21(23(31)12-22(20)27-28-24)25(32)30-14-17-6-7-19(10-18(17)15-30)33-9-5-8-29(3)4/h6-7,10-12,16,31H,5,8-9,13-15H2,1-4H3,(H2,26,27,28). The van der Waals surface area contributed by atoms with Gasteiger partial charge >= 0.3 is 0 Å². The Balaban J connectivity index is 1.47. The van der Waals surface area contributed by atoms with Gasteiger partial charge in [0.2, 0.25) is 0 Å². The predicted molar refractivity (Wildman–Crippen MR) is 130 cm³/mol. The molecule has 0 atom stereocenters. The van der Waals surface area contributed by atoms with Crippen molar-refractivity contribution in [3.05, 3.63) is 47.0 Å². The van der Waals surface area contributed by atoms with Gasteiger partial charge in [-0.15, -0.1) is 0 Å². The molecule has 176 valence electrons. The molecule has 2 heterocycles. The topological polar surface area (TPSA) is 93.7 Å². The number of rotatable bonds is 9. The van der Waals surface area contributed by atoms with Crippen LogP contribution in [0.2, 0.25) is 0 Å². The number of benzene rings is 2. The van der Waals surface area contributed by atoms with E-state index in [1.165, 1.54) is 0 Å². The van der Waals surface area contributed by atoms with Crippen molar-refractivity contribution in [2.24, 2.45) is 5.92 Å². The Labute approximate surface area is 194 Å². The number of aromatic nitrogens is 2.